The number of aryl methyl sites for hydroxylation is 2. The van der Waals surface area contributed by atoms with Gasteiger partial charge in [0.15, 0.2) is 0 Å². The van der Waals surface area contributed by atoms with Crippen molar-refractivity contribution >= 4 is 12.1 Å². The SMILES string of the molecule is Cc1oc(-c2cccc(-c3ccccc3)c2)nc1CCOc1ccc(CCC(=O)O)c(CCNC(=O)OC(C)C)c1. The molecule has 0 saturated heterocycles. The molecule has 1 aromatic heterocycles. The van der Waals surface area contributed by atoms with Gasteiger partial charge in [-0.15, -0.1) is 0 Å². The average Bonchev–Trinajstić information content (AvgIpc) is 3.33. The number of benzene rings is 3. The maximum atomic E-state index is 11.8. The molecule has 8 heteroatoms. The van der Waals surface area contributed by atoms with Gasteiger partial charge in [0.2, 0.25) is 5.89 Å². The second-order valence-corrected chi connectivity index (χ2v) is 10.0. The van der Waals surface area contributed by atoms with Crippen LogP contribution in [0.5, 0.6) is 5.75 Å². The Morgan fingerprint density at radius 3 is 2.41 bits per heavy atom. The molecule has 1 amide bonds. The first-order valence-corrected chi connectivity index (χ1v) is 13.8. The van der Waals surface area contributed by atoms with Crippen LogP contribution in [0.3, 0.4) is 0 Å². The zero-order chi connectivity index (χ0) is 29.2. The summed E-state index contributed by atoms with van der Waals surface area (Å²) in [5.74, 6) is 1.13. The van der Waals surface area contributed by atoms with Gasteiger partial charge in [-0.05, 0) is 80.1 Å². The van der Waals surface area contributed by atoms with Gasteiger partial charge in [0, 0.05) is 24.9 Å². The highest BCUT2D eigenvalue weighted by atomic mass is 16.6. The number of nitrogens with one attached hydrogen (secondary N) is 1. The van der Waals surface area contributed by atoms with E-state index in [-0.39, 0.29) is 12.5 Å². The number of amides is 1. The summed E-state index contributed by atoms with van der Waals surface area (Å²) in [5, 5.41) is 11.9. The molecule has 4 aromatic rings. The van der Waals surface area contributed by atoms with Gasteiger partial charge in [-0.1, -0.05) is 48.5 Å². The number of oxazole rings is 1. The van der Waals surface area contributed by atoms with E-state index < -0.39 is 12.1 Å². The molecule has 1 heterocycles. The van der Waals surface area contributed by atoms with Crippen LogP contribution >= 0.6 is 0 Å². The van der Waals surface area contributed by atoms with Crippen molar-refractivity contribution in [3.05, 3.63) is 95.4 Å². The van der Waals surface area contributed by atoms with Crippen LogP contribution in [0.15, 0.2) is 77.2 Å². The molecule has 3 aromatic carbocycles. The number of carboxylic acid groups (broad SMARTS) is 1. The third kappa shape index (κ3) is 8.70. The van der Waals surface area contributed by atoms with Crippen LogP contribution in [0.2, 0.25) is 0 Å². The summed E-state index contributed by atoms with van der Waals surface area (Å²) in [4.78, 5) is 27.7. The number of rotatable bonds is 13. The number of aromatic nitrogens is 1. The van der Waals surface area contributed by atoms with Crippen LogP contribution < -0.4 is 10.1 Å². The van der Waals surface area contributed by atoms with Gasteiger partial charge in [-0.25, -0.2) is 9.78 Å². The van der Waals surface area contributed by atoms with E-state index in [2.05, 4.69) is 29.6 Å². The number of hydrogen-bond donors (Lipinski definition) is 2. The Morgan fingerprint density at radius 1 is 0.902 bits per heavy atom. The maximum absolute atomic E-state index is 11.8. The zero-order valence-electron chi connectivity index (χ0n) is 23.7. The minimum atomic E-state index is -0.857. The lowest BCUT2D eigenvalue weighted by Gasteiger charge is -2.14. The van der Waals surface area contributed by atoms with E-state index in [0.717, 1.165) is 39.3 Å². The van der Waals surface area contributed by atoms with Crippen molar-refractivity contribution in [1.82, 2.24) is 10.3 Å². The Hall–Kier alpha value is -4.59. The second-order valence-electron chi connectivity index (χ2n) is 10.0. The number of aliphatic carboxylic acids is 1. The number of carbonyl (C=O) groups is 2. The molecule has 0 unspecified atom stereocenters. The summed E-state index contributed by atoms with van der Waals surface area (Å²) in [6.45, 7) is 6.23. The highest BCUT2D eigenvalue weighted by molar-refractivity contribution is 5.70. The highest BCUT2D eigenvalue weighted by Gasteiger charge is 2.14. The number of carboxylic acids is 1. The third-order valence-electron chi connectivity index (χ3n) is 6.51. The van der Waals surface area contributed by atoms with Gasteiger partial charge in [0.1, 0.15) is 11.5 Å². The average molecular weight is 557 g/mol. The van der Waals surface area contributed by atoms with E-state index in [4.69, 9.17) is 24.0 Å². The molecule has 214 valence electrons. The van der Waals surface area contributed by atoms with E-state index in [9.17, 15) is 9.59 Å². The monoisotopic (exact) mass is 556 g/mol. The van der Waals surface area contributed by atoms with Gasteiger partial charge >= 0.3 is 12.1 Å². The normalized spacial score (nSPS) is 10.9. The summed E-state index contributed by atoms with van der Waals surface area (Å²) in [7, 11) is 0. The number of alkyl carbamates (subject to hydrolysis) is 1. The summed E-state index contributed by atoms with van der Waals surface area (Å²) in [5.41, 5.74) is 5.80. The minimum Gasteiger partial charge on any atom is -0.493 e. The lowest BCUT2D eigenvalue weighted by atomic mass is 10.00. The van der Waals surface area contributed by atoms with E-state index in [1.807, 2.05) is 55.5 Å². The molecular formula is C33H36N2O6. The first-order chi connectivity index (χ1) is 19.8. The van der Waals surface area contributed by atoms with Gasteiger partial charge in [0.25, 0.3) is 0 Å². The van der Waals surface area contributed by atoms with E-state index in [1.54, 1.807) is 13.8 Å². The van der Waals surface area contributed by atoms with Gasteiger partial charge in [0.05, 0.1) is 18.4 Å². The summed E-state index contributed by atoms with van der Waals surface area (Å²) in [6.07, 6.45) is 0.820. The molecule has 0 aliphatic carbocycles. The van der Waals surface area contributed by atoms with Crippen LogP contribution in [0.1, 0.15) is 42.8 Å². The fraction of sp³-hybridized carbons (Fsp3) is 0.303. The topological polar surface area (TPSA) is 111 Å². The molecule has 0 aliphatic heterocycles. The van der Waals surface area contributed by atoms with E-state index in [0.29, 0.717) is 44.1 Å². The molecule has 0 fully saturated rings. The largest absolute Gasteiger partial charge is 0.493 e. The molecule has 0 saturated carbocycles. The van der Waals surface area contributed by atoms with Crippen molar-refractivity contribution in [1.29, 1.82) is 0 Å². The standard InChI is InChI=1S/C33H36N2O6/c1-22(2)40-33(38)34-18-16-27-21-29(14-12-25(27)13-15-31(36)37)39-19-17-30-23(3)41-32(35-30)28-11-7-10-26(20-28)24-8-5-4-6-9-24/h4-12,14,20-22H,13,15-19H2,1-3H3,(H,34,38)(H,36,37). The van der Waals surface area contributed by atoms with Gasteiger partial charge in [-0.3, -0.25) is 4.79 Å². The molecule has 0 spiro atoms. The fourth-order valence-electron chi connectivity index (χ4n) is 4.48. The molecule has 8 nitrogen and oxygen atoms in total. The minimum absolute atomic E-state index is 0.0258. The van der Waals surface area contributed by atoms with Crippen molar-refractivity contribution in [2.75, 3.05) is 13.2 Å². The quantitative estimate of drug-likeness (QED) is 0.190. The first-order valence-electron chi connectivity index (χ1n) is 13.8. The predicted molar refractivity (Wildman–Crippen MR) is 157 cm³/mol. The molecule has 0 atom stereocenters. The van der Waals surface area contributed by atoms with Crippen LogP contribution in [-0.2, 0) is 28.8 Å². The van der Waals surface area contributed by atoms with E-state index >= 15 is 0 Å². The summed E-state index contributed by atoms with van der Waals surface area (Å²) in [6, 6.07) is 23.9. The third-order valence-corrected chi connectivity index (χ3v) is 6.51. The summed E-state index contributed by atoms with van der Waals surface area (Å²) >= 11 is 0. The number of nitrogens with zero attached hydrogens (tertiary/aromatic N) is 1. The van der Waals surface area contributed by atoms with Crippen molar-refractivity contribution in [2.24, 2.45) is 0 Å². The van der Waals surface area contributed by atoms with E-state index in [1.165, 1.54) is 0 Å². The number of ether oxygens (including phenoxy) is 2. The molecule has 0 radical (unpaired) electrons. The molecular weight excluding hydrogens is 520 g/mol. The van der Waals surface area contributed by atoms with Crippen molar-refractivity contribution < 1.29 is 28.6 Å². The smallest absolute Gasteiger partial charge is 0.407 e. The zero-order valence-corrected chi connectivity index (χ0v) is 23.7. The predicted octanol–water partition coefficient (Wildman–Crippen LogP) is 6.63. The Morgan fingerprint density at radius 2 is 1.66 bits per heavy atom. The molecule has 0 bridgehead atoms. The van der Waals surface area contributed by atoms with Crippen molar-refractivity contribution in [2.45, 2.75) is 52.6 Å². The molecule has 0 aliphatic rings. The molecule has 4 rings (SSSR count). The molecule has 41 heavy (non-hydrogen) atoms. The Balaban J connectivity index is 1.39. The Bertz CT molecular complexity index is 1460. The van der Waals surface area contributed by atoms with Gasteiger partial charge < -0.3 is 24.3 Å². The first kappa shape index (κ1) is 29.4. The maximum Gasteiger partial charge on any atom is 0.407 e. The lowest BCUT2D eigenvalue weighted by Crippen LogP contribution is -2.28. The van der Waals surface area contributed by atoms with Crippen LogP contribution in [0.4, 0.5) is 4.79 Å². The highest BCUT2D eigenvalue weighted by Crippen LogP contribution is 2.27. The van der Waals surface area contributed by atoms with Gasteiger partial charge in [-0.2, -0.15) is 0 Å². The second kappa shape index (κ2) is 14.2. The fourth-order valence-corrected chi connectivity index (χ4v) is 4.48. The Kier molecular flexibility index (Phi) is 10.2. The molecule has 2 N–H and O–H groups in total. The lowest BCUT2D eigenvalue weighted by molar-refractivity contribution is -0.136. The Labute approximate surface area is 240 Å². The van der Waals surface area contributed by atoms with Crippen LogP contribution in [0, 0.1) is 6.92 Å². The van der Waals surface area contributed by atoms with Crippen molar-refractivity contribution in [3.63, 3.8) is 0 Å². The van der Waals surface area contributed by atoms with Crippen LogP contribution in [0.25, 0.3) is 22.6 Å². The number of hydrogen-bond acceptors (Lipinski definition) is 6. The summed E-state index contributed by atoms with van der Waals surface area (Å²) < 4.78 is 17.2. The van der Waals surface area contributed by atoms with Crippen LogP contribution in [-0.4, -0.2) is 41.4 Å². The van der Waals surface area contributed by atoms with Crippen molar-refractivity contribution in [3.8, 4) is 28.3 Å². The number of carbonyl (C=O) groups excluding carboxylic acids is 1.